The van der Waals surface area contributed by atoms with Crippen LogP contribution in [0.2, 0.25) is 0 Å². The molecule has 212 valence electrons. The van der Waals surface area contributed by atoms with Gasteiger partial charge < -0.3 is 9.64 Å². The van der Waals surface area contributed by atoms with Gasteiger partial charge in [-0.2, -0.15) is 0 Å². The standard InChI is InChI=1S/C36H34N2O4/c1-3-4-23-31(39)32-33(34(40)42-2)38(35(41)37(32)24-25-15-7-5-8-16-25)36(26-17-9-6-10-18-26)29-21-13-11-19-27(29)28-20-12-14-22-30(28)36/h5-22,32-33H,3-4,23-24H2,1-2H3/t32-,33+/m1/s1. The number of methoxy groups -OCH3 is 1. The molecule has 6 heteroatoms. The average Bonchev–Trinajstić information content (AvgIpc) is 3.50. The number of urea groups is 1. The second-order valence-electron chi connectivity index (χ2n) is 10.9. The quantitative estimate of drug-likeness (QED) is 0.218. The lowest BCUT2D eigenvalue weighted by Crippen LogP contribution is -2.56. The molecule has 0 N–H and O–H groups in total. The highest BCUT2D eigenvalue weighted by molar-refractivity contribution is 6.01. The van der Waals surface area contributed by atoms with Crippen molar-refractivity contribution in [2.75, 3.05) is 7.11 Å². The monoisotopic (exact) mass is 558 g/mol. The molecule has 0 spiro atoms. The Hall–Kier alpha value is -4.71. The summed E-state index contributed by atoms with van der Waals surface area (Å²) in [6.45, 7) is 2.22. The number of amides is 2. The van der Waals surface area contributed by atoms with Gasteiger partial charge in [0.25, 0.3) is 0 Å². The minimum absolute atomic E-state index is 0.137. The first-order valence-corrected chi connectivity index (χ1v) is 14.5. The highest BCUT2D eigenvalue weighted by Crippen LogP contribution is 2.56. The van der Waals surface area contributed by atoms with E-state index in [0.717, 1.165) is 39.8 Å². The summed E-state index contributed by atoms with van der Waals surface area (Å²) < 4.78 is 5.40. The van der Waals surface area contributed by atoms with Gasteiger partial charge in [0.1, 0.15) is 11.6 Å². The van der Waals surface area contributed by atoms with Crippen LogP contribution in [0.25, 0.3) is 11.1 Å². The number of Topliss-reactive ketones (excluding diaryl/α,β-unsaturated/α-hetero) is 1. The van der Waals surface area contributed by atoms with Crippen molar-refractivity contribution in [3.8, 4) is 11.1 Å². The highest BCUT2D eigenvalue weighted by atomic mass is 16.5. The van der Waals surface area contributed by atoms with Crippen molar-refractivity contribution >= 4 is 17.8 Å². The third-order valence-electron chi connectivity index (χ3n) is 8.59. The Morgan fingerprint density at radius 1 is 0.762 bits per heavy atom. The SMILES string of the molecule is CCCCC(=O)[C@@H]1[C@@H](C(=O)OC)N(C2(c3ccccc3)c3ccccc3-c3ccccc32)C(=O)N1Cc1ccccc1. The number of ketones is 1. The largest absolute Gasteiger partial charge is 0.467 e. The number of unbranched alkanes of at least 4 members (excludes halogenated alkanes) is 1. The predicted octanol–water partition coefficient (Wildman–Crippen LogP) is 6.57. The summed E-state index contributed by atoms with van der Waals surface area (Å²) in [7, 11) is 1.32. The zero-order chi connectivity index (χ0) is 29.3. The summed E-state index contributed by atoms with van der Waals surface area (Å²) in [6, 6.07) is 32.9. The summed E-state index contributed by atoms with van der Waals surface area (Å²) in [4.78, 5) is 46.2. The molecule has 42 heavy (non-hydrogen) atoms. The maximum absolute atomic E-state index is 15.0. The summed E-state index contributed by atoms with van der Waals surface area (Å²) in [5.41, 5.74) is 4.31. The van der Waals surface area contributed by atoms with Gasteiger partial charge in [-0.15, -0.1) is 0 Å². The number of nitrogens with zero attached hydrogens (tertiary/aromatic N) is 2. The minimum Gasteiger partial charge on any atom is -0.467 e. The maximum atomic E-state index is 15.0. The summed E-state index contributed by atoms with van der Waals surface area (Å²) >= 11 is 0. The Kier molecular flexibility index (Phi) is 7.38. The van der Waals surface area contributed by atoms with E-state index in [4.69, 9.17) is 4.74 Å². The lowest BCUT2D eigenvalue weighted by atomic mass is 9.78. The molecule has 2 aliphatic rings. The van der Waals surface area contributed by atoms with Gasteiger partial charge in [-0.3, -0.25) is 9.69 Å². The summed E-state index contributed by atoms with van der Waals surface area (Å²) in [6.07, 6.45) is 1.77. The van der Waals surface area contributed by atoms with Gasteiger partial charge in [-0.1, -0.05) is 123 Å². The van der Waals surface area contributed by atoms with Crippen LogP contribution >= 0.6 is 0 Å². The molecule has 1 aliphatic carbocycles. The molecule has 0 saturated carbocycles. The third kappa shape index (κ3) is 4.21. The first kappa shape index (κ1) is 27.5. The van der Waals surface area contributed by atoms with Crippen LogP contribution in [0.1, 0.15) is 48.4 Å². The number of hydrogen-bond acceptors (Lipinski definition) is 4. The minimum atomic E-state index is -1.17. The number of fused-ring (bicyclic) bond motifs is 3. The highest BCUT2D eigenvalue weighted by Gasteiger charge is 2.63. The number of carbonyl (C=O) groups is 3. The Morgan fingerprint density at radius 3 is 1.88 bits per heavy atom. The average molecular weight is 559 g/mol. The van der Waals surface area contributed by atoms with E-state index in [1.165, 1.54) is 7.11 Å². The molecule has 6 rings (SSSR count). The van der Waals surface area contributed by atoms with Crippen molar-refractivity contribution in [1.29, 1.82) is 0 Å². The molecule has 1 aliphatic heterocycles. The van der Waals surface area contributed by atoms with Gasteiger partial charge in [0.15, 0.2) is 11.8 Å². The third-order valence-corrected chi connectivity index (χ3v) is 8.59. The number of carbonyl (C=O) groups excluding carboxylic acids is 3. The van der Waals surface area contributed by atoms with E-state index in [-0.39, 0.29) is 24.8 Å². The van der Waals surface area contributed by atoms with Gasteiger partial charge in [-0.05, 0) is 39.8 Å². The van der Waals surface area contributed by atoms with E-state index in [0.29, 0.717) is 6.42 Å². The van der Waals surface area contributed by atoms with Crippen LogP contribution in [0.4, 0.5) is 4.79 Å². The van der Waals surface area contributed by atoms with Crippen LogP contribution in [-0.4, -0.2) is 46.8 Å². The first-order valence-electron chi connectivity index (χ1n) is 14.5. The number of hydrogen-bond donors (Lipinski definition) is 0. The number of ether oxygens (including phenoxy) is 1. The van der Waals surface area contributed by atoms with Crippen molar-refractivity contribution in [3.05, 3.63) is 131 Å². The predicted molar refractivity (Wildman–Crippen MR) is 162 cm³/mol. The second kappa shape index (κ2) is 11.3. The van der Waals surface area contributed by atoms with E-state index in [1.54, 1.807) is 9.80 Å². The van der Waals surface area contributed by atoms with Crippen LogP contribution in [0, 0.1) is 0 Å². The molecule has 1 saturated heterocycles. The molecule has 1 fully saturated rings. The smallest absolute Gasteiger partial charge is 0.331 e. The number of benzene rings is 4. The van der Waals surface area contributed by atoms with Gasteiger partial charge in [0.05, 0.1) is 7.11 Å². The second-order valence-corrected chi connectivity index (χ2v) is 10.9. The molecule has 0 radical (unpaired) electrons. The molecule has 0 unspecified atom stereocenters. The first-order chi connectivity index (χ1) is 20.5. The molecular weight excluding hydrogens is 524 g/mol. The zero-order valence-corrected chi connectivity index (χ0v) is 23.9. The summed E-state index contributed by atoms with van der Waals surface area (Å²) in [5.74, 6) is -0.743. The molecule has 4 aromatic rings. The van der Waals surface area contributed by atoms with Gasteiger partial charge in [0, 0.05) is 13.0 Å². The van der Waals surface area contributed by atoms with E-state index >= 15 is 4.79 Å². The van der Waals surface area contributed by atoms with Gasteiger partial charge in [-0.25, -0.2) is 9.59 Å². The van der Waals surface area contributed by atoms with Crippen molar-refractivity contribution in [3.63, 3.8) is 0 Å². The summed E-state index contributed by atoms with van der Waals surface area (Å²) in [5, 5.41) is 0. The van der Waals surface area contributed by atoms with Crippen LogP contribution in [0.3, 0.4) is 0 Å². The van der Waals surface area contributed by atoms with Gasteiger partial charge >= 0.3 is 12.0 Å². The number of esters is 1. The Labute approximate surface area is 246 Å². The van der Waals surface area contributed by atoms with Crippen LogP contribution in [0.15, 0.2) is 109 Å². The normalized spacial score (nSPS) is 18.5. The van der Waals surface area contributed by atoms with E-state index in [9.17, 15) is 9.59 Å². The Morgan fingerprint density at radius 2 is 1.31 bits per heavy atom. The topological polar surface area (TPSA) is 66.9 Å². The van der Waals surface area contributed by atoms with Crippen molar-refractivity contribution < 1.29 is 19.1 Å². The van der Waals surface area contributed by atoms with Crippen molar-refractivity contribution in [2.45, 2.75) is 50.4 Å². The van der Waals surface area contributed by atoms with Crippen molar-refractivity contribution in [2.24, 2.45) is 0 Å². The van der Waals surface area contributed by atoms with Gasteiger partial charge in [0.2, 0.25) is 0 Å². The number of rotatable bonds is 9. The fourth-order valence-corrected chi connectivity index (χ4v) is 6.79. The molecule has 0 aromatic heterocycles. The van der Waals surface area contributed by atoms with Crippen LogP contribution in [0.5, 0.6) is 0 Å². The van der Waals surface area contributed by atoms with Crippen LogP contribution < -0.4 is 0 Å². The molecule has 4 aromatic carbocycles. The molecule has 2 atom stereocenters. The Balaban J connectivity index is 1.65. The molecular formula is C36H34N2O4. The van der Waals surface area contributed by atoms with Crippen LogP contribution in [-0.2, 0) is 26.4 Å². The van der Waals surface area contributed by atoms with E-state index in [2.05, 4.69) is 12.1 Å². The van der Waals surface area contributed by atoms with Crippen molar-refractivity contribution in [1.82, 2.24) is 9.80 Å². The molecule has 1 heterocycles. The molecule has 6 nitrogen and oxygen atoms in total. The lowest BCUT2D eigenvalue weighted by molar-refractivity contribution is -0.149. The fourth-order valence-electron chi connectivity index (χ4n) is 6.79. The molecule has 0 bridgehead atoms. The lowest BCUT2D eigenvalue weighted by Gasteiger charge is -2.43. The molecule has 2 amide bonds. The Bertz CT molecular complexity index is 1570. The zero-order valence-electron chi connectivity index (χ0n) is 23.9. The van der Waals surface area contributed by atoms with E-state index in [1.807, 2.05) is 104 Å². The fraction of sp³-hybridized carbons (Fsp3) is 0.250. The van der Waals surface area contributed by atoms with E-state index < -0.39 is 23.6 Å². The maximum Gasteiger partial charge on any atom is 0.331 e.